The van der Waals surface area contributed by atoms with Gasteiger partial charge >= 0.3 is 5.97 Å². The van der Waals surface area contributed by atoms with Gasteiger partial charge in [-0.2, -0.15) is 0 Å². The molecule has 1 aliphatic carbocycles. The van der Waals surface area contributed by atoms with Crippen LogP contribution in [0.15, 0.2) is 24.3 Å². The lowest BCUT2D eigenvalue weighted by atomic mass is 9.65. The summed E-state index contributed by atoms with van der Waals surface area (Å²) in [5, 5.41) is 2.64. The Morgan fingerprint density at radius 3 is 2.44 bits per heavy atom. The second-order valence-electron chi connectivity index (χ2n) is 9.07. The number of nitrogens with zero attached hydrogens (tertiary/aromatic N) is 1. The van der Waals surface area contributed by atoms with Crippen LogP contribution >= 0.6 is 0 Å². The number of carbonyl (C=O) groups excluding carboxylic acids is 3. The number of nitrogens with one attached hydrogen (secondary N) is 1. The van der Waals surface area contributed by atoms with Gasteiger partial charge < -0.3 is 15.0 Å². The first kappa shape index (κ1) is 19.4. The van der Waals surface area contributed by atoms with Crippen molar-refractivity contribution in [1.82, 2.24) is 4.90 Å². The molecule has 1 N–H and O–H groups in total. The molecule has 3 rings (SSSR count). The van der Waals surface area contributed by atoms with Crippen molar-refractivity contribution in [3.8, 4) is 0 Å². The van der Waals surface area contributed by atoms with E-state index < -0.39 is 5.97 Å². The van der Waals surface area contributed by atoms with Gasteiger partial charge in [0, 0.05) is 25.2 Å². The number of likely N-dealkylation sites (tertiary alicyclic amines) is 1. The Labute approximate surface area is 160 Å². The molecule has 146 valence electrons. The van der Waals surface area contributed by atoms with Crippen LogP contribution in [0.1, 0.15) is 57.3 Å². The molecule has 1 saturated carbocycles. The Balaban J connectivity index is 1.56. The van der Waals surface area contributed by atoms with E-state index in [0.29, 0.717) is 11.3 Å². The monoisotopic (exact) mass is 372 g/mol. The minimum atomic E-state index is -0.536. The lowest BCUT2D eigenvalue weighted by Gasteiger charge is -2.39. The van der Waals surface area contributed by atoms with E-state index >= 15 is 0 Å². The Kier molecular flexibility index (Phi) is 5.02. The highest BCUT2D eigenvalue weighted by molar-refractivity contribution is 5.93. The molecule has 2 amide bonds. The van der Waals surface area contributed by atoms with Crippen molar-refractivity contribution in [2.45, 2.75) is 53.0 Å². The van der Waals surface area contributed by atoms with Crippen molar-refractivity contribution in [2.75, 3.05) is 18.5 Å². The smallest absolute Gasteiger partial charge is 0.338 e. The molecule has 2 fully saturated rings. The van der Waals surface area contributed by atoms with Gasteiger partial charge in [-0.15, -0.1) is 0 Å². The number of ether oxygens (including phenoxy) is 1. The van der Waals surface area contributed by atoms with Gasteiger partial charge in [-0.05, 0) is 54.4 Å². The van der Waals surface area contributed by atoms with E-state index in [0.717, 1.165) is 25.8 Å². The van der Waals surface area contributed by atoms with Crippen molar-refractivity contribution in [2.24, 2.45) is 10.8 Å². The minimum absolute atomic E-state index is 0.121. The predicted octanol–water partition coefficient (Wildman–Crippen LogP) is 3.23. The van der Waals surface area contributed by atoms with E-state index in [1.807, 2.05) is 4.90 Å². The van der Waals surface area contributed by atoms with Crippen LogP contribution in [0, 0.1) is 10.8 Å². The summed E-state index contributed by atoms with van der Waals surface area (Å²) in [6.45, 7) is 8.69. The van der Waals surface area contributed by atoms with E-state index in [9.17, 15) is 14.4 Å². The maximum atomic E-state index is 12.7. The maximum Gasteiger partial charge on any atom is 0.338 e. The standard InChI is InChI=1S/C21H28N2O4/c1-14(24)22-16-7-5-15(6-8-16)19(26)27-11-18(25)23-13-21(4)10-17(23)9-20(2,3)12-21/h5-8,17H,9-13H2,1-4H3,(H,22,24)/t17-,21-/m1/s1. The number of benzene rings is 1. The molecule has 1 aromatic carbocycles. The van der Waals surface area contributed by atoms with Gasteiger partial charge in [-0.3, -0.25) is 9.59 Å². The molecular weight excluding hydrogens is 344 g/mol. The third-order valence-electron chi connectivity index (χ3n) is 5.50. The molecule has 1 saturated heterocycles. The van der Waals surface area contributed by atoms with Crippen LogP contribution in [0.2, 0.25) is 0 Å². The van der Waals surface area contributed by atoms with Gasteiger partial charge in [0.25, 0.3) is 5.91 Å². The van der Waals surface area contributed by atoms with E-state index in [-0.39, 0.29) is 35.3 Å². The summed E-state index contributed by atoms with van der Waals surface area (Å²) in [4.78, 5) is 37.8. The number of rotatable bonds is 4. The predicted molar refractivity (Wildman–Crippen MR) is 102 cm³/mol. The number of anilines is 1. The first-order valence-electron chi connectivity index (χ1n) is 9.41. The largest absolute Gasteiger partial charge is 0.452 e. The number of esters is 1. The number of hydrogen-bond donors (Lipinski definition) is 1. The van der Waals surface area contributed by atoms with Crippen LogP contribution in [-0.2, 0) is 14.3 Å². The molecule has 6 heteroatoms. The summed E-state index contributed by atoms with van der Waals surface area (Å²) in [7, 11) is 0. The molecule has 0 unspecified atom stereocenters. The molecule has 1 aliphatic heterocycles. The SMILES string of the molecule is CC(=O)Nc1ccc(C(=O)OCC(=O)N2C[C@]3(C)C[C@H]2CC(C)(C)C3)cc1. The van der Waals surface area contributed by atoms with Gasteiger partial charge in [0.05, 0.1) is 5.56 Å². The highest BCUT2D eigenvalue weighted by atomic mass is 16.5. The minimum Gasteiger partial charge on any atom is -0.452 e. The first-order valence-corrected chi connectivity index (χ1v) is 9.41. The topological polar surface area (TPSA) is 75.7 Å². The quantitative estimate of drug-likeness (QED) is 0.824. The number of amides is 2. The average molecular weight is 372 g/mol. The molecule has 2 aliphatic rings. The van der Waals surface area contributed by atoms with E-state index in [1.54, 1.807) is 24.3 Å². The van der Waals surface area contributed by atoms with Crippen molar-refractivity contribution < 1.29 is 19.1 Å². The number of hydrogen-bond acceptors (Lipinski definition) is 4. The molecule has 2 bridgehead atoms. The Morgan fingerprint density at radius 1 is 1.15 bits per heavy atom. The number of fused-ring (bicyclic) bond motifs is 2. The maximum absolute atomic E-state index is 12.7. The van der Waals surface area contributed by atoms with Gasteiger partial charge in [-0.1, -0.05) is 20.8 Å². The normalized spacial score (nSPS) is 25.8. The van der Waals surface area contributed by atoms with Gasteiger partial charge in [0.15, 0.2) is 6.61 Å². The lowest BCUT2D eigenvalue weighted by Crippen LogP contribution is -2.39. The van der Waals surface area contributed by atoms with Crippen LogP contribution in [-0.4, -0.2) is 41.9 Å². The second-order valence-corrected chi connectivity index (χ2v) is 9.07. The zero-order chi connectivity index (χ0) is 19.8. The Bertz CT molecular complexity index is 756. The zero-order valence-electron chi connectivity index (χ0n) is 16.5. The Hall–Kier alpha value is -2.37. The molecule has 2 atom stereocenters. The summed E-state index contributed by atoms with van der Waals surface area (Å²) < 4.78 is 5.24. The number of carbonyl (C=O) groups is 3. The van der Waals surface area contributed by atoms with Gasteiger partial charge in [0.2, 0.25) is 5.91 Å². The van der Waals surface area contributed by atoms with Gasteiger partial charge in [-0.25, -0.2) is 4.79 Å². The highest BCUT2D eigenvalue weighted by Gasteiger charge is 2.50. The van der Waals surface area contributed by atoms with Gasteiger partial charge in [0.1, 0.15) is 0 Å². The van der Waals surface area contributed by atoms with Crippen molar-refractivity contribution >= 4 is 23.5 Å². The van der Waals surface area contributed by atoms with Crippen molar-refractivity contribution in [3.63, 3.8) is 0 Å². The summed E-state index contributed by atoms with van der Waals surface area (Å²) in [5.74, 6) is -0.834. The van der Waals surface area contributed by atoms with Crippen LogP contribution < -0.4 is 5.32 Å². The van der Waals surface area contributed by atoms with Crippen LogP contribution in [0.4, 0.5) is 5.69 Å². The average Bonchev–Trinajstić information content (AvgIpc) is 2.81. The fourth-order valence-corrected chi connectivity index (χ4v) is 4.94. The molecule has 0 radical (unpaired) electrons. The fraction of sp³-hybridized carbons (Fsp3) is 0.571. The van der Waals surface area contributed by atoms with Crippen LogP contribution in [0.5, 0.6) is 0 Å². The molecule has 27 heavy (non-hydrogen) atoms. The third-order valence-corrected chi connectivity index (χ3v) is 5.50. The van der Waals surface area contributed by atoms with Crippen molar-refractivity contribution in [1.29, 1.82) is 0 Å². The second kappa shape index (κ2) is 6.98. The van der Waals surface area contributed by atoms with E-state index in [1.165, 1.54) is 6.92 Å². The Morgan fingerprint density at radius 2 is 1.81 bits per heavy atom. The molecule has 1 aromatic rings. The van der Waals surface area contributed by atoms with Crippen LogP contribution in [0.25, 0.3) is 0 Å². The molecule has 0 aromatic heterocycles. The lowest BCUT2D eigenvalue weighted by molar-refractivity contribution is -0.135. The fourth-order valence-electron chi connectivity index (χ4n) is 4.94. The molecule has 6 nitrogen and oxygen atoms in total. The van der Waals surface area contributed by atoms with E-state index in [2.05, 4.69) is 26.1 Å². The summed E-state index contributed by atoms with van der Waals surface area (Å²) in [6, 6.07) is 6.65. The van der Waals surface area contributed by atoms with Crippen molar-refractivity contribution in [3.05, 3.63) is 29.8 Å². The summed E-state index contributed by atoms with van der Waals surface area (Å²) in [5.41, 5.74) is 1.35. The molecule has 1 heterocycles. The van der Waals surface area contributed by atoms with E-state index in [4.69, 9.17) is 4.74 Å². The highest BCUT2D eigenvalue weighted by Crippen LogP contribution is 2.52. The summed E-state index contributed by atoms with van der Waals surface area (Å²) >= 11 is 0. The zero-order valence-corrected chi connectivity index (χ0v) is 16.5. The summed E-state index contributed by atoms with van der Waals surface area (Å²) in [6.07, 6.45) is 3.13. The molecular formula is C21H28N2O4. The molecule has 0 spiro atoms. The van der Waals surface area contributed by atoms with Crippen LogP contribution in [0.3, 0.4) is 0 Å². The third kappa shape index (κ3) is 4.49. The first-order chi connectivity index (χ1) is 12.6.